The van der Waals surface area contributed by atoms with Gasteiger partial charge in [0.25, 0.3) is 0 Å². The quantitative estimate of drug-likeness (QED) is 0.718. The third kappa shape index (κ3) is 3.12. The smallest absolute Gasteiger partial charge is 0.123 e. The molecular formula is C12H18N4O. The highest BCUT2D eigenvalue weighted by molar-refractivity contribution is 5.76. The second-order valence-corrected chi connectivity index (χ2v) is 5.03. The molecule has 1 aliphatic heterocycles. The van der Waals surface area contributed by atoms with Gasteiger partial charge in [-0.05, 0) is 25.2 Å². The molecule has 0 unspecified atom stereocenters. The fourth-order valence-corrected chi connectivity index (χ4v) is 2.05. The summed E-state index contributed by atoms with van der Waals surface area (Å²) in [6, 6.07) is 0. The molecule has 0 amide bonds. The lowest BCUT2D eigenvalue weighted by Gasteiger charge is -2.05. The number of aliphatic imine (C=N–C) groups is 1. The Bertz CT molecular complexity index is 391. The van der Waals surface area contributed by atoms with Gasteiger partial charge in [0.1, 0.15) is 5.69 Å². The Balaban J connectivity index is 1.51. The zero-order valence-electron chi connectivity index (χ0n) is 9.96. The molecule has 0 N–H and O–H groups in total. The van der Waals surface area contributed by atoms with Crippen molar-refractivity contribution in [3.05, 3.63) is 11.9 Å². The molecule has 1 atom stereocenters. The van der Waals surface area contributed by atoms with E-state index in [2.05, 4.69) is 15.3 Å². The number of ether oxygens (including phenoxy) is 1. The number of rotatable bonds is 5. The van der Waals surface area contributed by atoms with Gasteiger partial charge >= 0.3 is 0 Å². The summed E-state index contributed by atoms with van der Waals surface area (Å²) in [6.45, 7) is 3.59. The van der Waals surface area contributed by atoms with Gasteiger partial charge in [0, 0.05) is 25.6 Å². The van der Waals surface area contributed by atoms with Crippen LogP contribution < -0.4 is 0 Å². The molecule has 0 spiro atoms. The van der Waals surface area contributed by atoms with Crippen LogP contribution in [0.4, 0.5) is 0 Å². The maximum absolute atomic E-state index is 5.35. The summed E-state index contributed by atoms with van der Waals surface area (Å²) >= 11 is 0. The summed E-state index contributed by atoms with van der Waals surface area (Å²) in [5, 5.41) is 8.21. The zero-order chi connectivity index (χ0) is 11.5. The molecule has 1 saturated carbocycles. The highest BCUT2D eigenvalue weighted by Gasteiger charge is 2.20. The van der Waals surface area contributed by atoms with E-state index in [4.69, 9.17) is 4.74 Å². The summed E-state index contributed by atoms with van der Waals surface area (Å²) in [5.74, 6) is 1.42. The molecule has 2 aliphatic rings. The van der Waals surface area contributed by atoms with Gasteiger partial charge in [0.15, 0.2) is 0 Å². The summed E-state index contributed by atoms with van der Waals surface area (Å²) in [7, 11) is 0. The molecule has 0 aromatic carbocycles. The fraction of sp³-hybridized carbons (Fsp3) is 0.750. The number of hydrogen-bond donors (Lipinski definition) is 0. The SMILES string of the molecule is C(=NCC1CC1)c1cn(C[C@@H]2CCOC2)nn1. The number of hydrogen-bond acceptors (Lipinski definition) is 4. The Morgan fingerprint density at radius 1 is 1.41 bits per heavy atom. The molecule has 0 bridgehead atoms. The molecule has 2 heterocycles. The van der Waals surface area contributed by atoms with Gasteiger partial charge in [-0.1, -0.05) is 5.21 Å². The maximum atomic E-state index is 5.35. The number of nitrogens with zero attached hydrogens (tertiary/aromatic N) is 4. The third-order valence-corrected chi connectivity index (χ3v) is 3.31. The van der Waals surface area contributed by atoms with Crippen molar-refractivity contribution in [3.8, 4) is 0 Å². The summed E-state index contributed by atoms with van der Waals surface area (Å²) in [5.41, 5.74) is 0.865. The van der Waals surface area contributed by atoms with E-state index >= 15 is 0 Å². The van der Waals surface area contributed by atoms with Crippen LogP contribution in [0.2, 0.25) is 0 Å². The van der Waals surface area contributed by atoms with Crippen molar-refractivity contribution >= 4 is 6.21 Å². The van der Waals surface area contributed by atoms with E-state index in [-0.39, 0.29) is 0 Å². The Morgan fingerprint density at radius 3 is 3.12 bits per heavy atom. The molecule has 3 rings (SSSR count). The number of aromatic nitrogens is 3. The first kappa shape index (κ1) is 10.9. The molecule has 17 heavy (non-hydrogen) atoms. The van der Waals surface area contributed by atoms with Crippen LogP contribution in [-0.2, 0) is 11.3 Å². The lowest BCUT2D eigenvalue weighted by Crippen LogP contribution is -2.11. The topological polar surface area (TPSA) is 52.3 Å². The monoisotopic (exact) mass is 234 g/mol. The molecule has 0 radical (unpaired) electrons. The van der Waals surface area contributed by atoms with Crippen molar-refractivity contribution < 1.29 is 4.74 Å². The highest BCUT2D eigenvalue weighted by Crippen LogP contribution is 2.28. The van der Waals surface area contributed by atoms with E-state index < -0.39 is 0 Å². The predicted octanol–water partition coefficient (Wildman–Crippen LogP) is 1.14. The van der Waals surface area contributed by atoms with E-state index in [1.54, 1.807) is 0 Å². The highest BCUT2D eigenvalue weighted by atomic mass is 16.5. The van der Waals surface area contributed by atoms with Gasteiger partial charge in [-0.15, -0.1) is 5.10 Å². The van der Waals surface area contributed by atoms with E-state index in [1.165, 1.54) is 12.8 Å². The van der Waals surface area contributed by atoms with E-state index in [0.29, 0.717) is 5.92 Å². The van der Waals surface area contributed by atoms with Gasteiger partial charge in [0.2, 0.25) is 0 Å². The van der Waals surface area contributed by atoms with Crippen molar-refractivity contribution in [2.75, 3.05) is 19.8 Å². The second-order valence-electron chi connectivity index (χ2n) is 5.03. The average molecular weight is 234 g/mol. The minimum Gasteiger partial charge on any atom is -0.381 e. The van der Waals surface area contributed by atoms with Crippen molar-refractivity contribution in [3.63, 3.8) is 0 Å². The van der Waals surface area contributed by atoms with E-state index in [0.717, 1.165) is 44.3 Å². The van der Waals surface area contributed by atoms with Crippen molar-refractivity contribution in [1.82, 2.24) is 15.0 Å². The van der Waals surface area contributed by atoms with Crippen LogP contribution in [0, 0.1) is 11.8 Å². The molecule has 5 nitrogen and oxygen atoms in total. The first-order chi connectivity index (χ1) is 8.40. The molecule has 1 aromatic rings. The minimum absolute atomic E-state index is 0.591. The predicted molar refractivity (Wildman–Crippen MR) is 64.1 cm³/mol. The molecular weight excluding hydrogens is 216 g/mol. The third-order valence-electron chi connectivity index (χ3n) is 3.31. The van der Waals surface area contributed by atoms with Crippen molar-refractivity contribution in [2.45, 2.75) is 25.8 Å². The van der Waals surface area contributed by atoms with Crippen LogP contribution >= 0.6 is 0 Å². The van der Waals surface area contributed by atoms with Crippen LogP contribution in [-0.4, -0.2) is 41.0 Å². The Morgan fingerprint density at radius 2 is 2.35 bits per heavy atom. The zero-order valence-corrected chi connectivity index (χ0v) is 9.96. The molecule has 1 aromatic heterocycles. The lowest BCUT2D eigenvalue weighted by molar-refractivity contribution is 0.181. The Hall–Kier alpha value is -1.23. The van der Waals surface area contributed by atoms with Crippen LogP contribution in [0.5, 0.6) is 0 Å². The second kappa shape index (κ2) is 4.96. The standard InChI is InChI=1S/C12H18N4O/c1-2-10(1)5-13-6-12-8-16(15-14-12)7-11-3-4-17-9-11/h6,8,10-11H,1-5,7,9H2/t11-/m0/s1. The van der Waals surface area contributed by atoms with Gasteiger partial charge in [-0.2, -0.15) is 0 Å². The summed E-state index contributed by atoms with van der Waals surface area (Å²) in [6.07, 6.45) is 7.62. The van der Waals surface area contributed by atoms with Crippen molar-refractivity contribution in [1.29, 1.82) is 0 Å². The molecule has 1 aliphatic carbocycles. The van der Waals surface area contributed by atoms with Crippen LogP contribution in [0.3, 0.4) is 0 Å². The minimum atomic E-state index is 0.591. The van der Waals surface area contributed by atoms with Crippen LogP contribution in [0.25, 0.3) is 0 Å². The van der Waals surface area contributed by atoms with Gasteiger partial charge < -0.3 is 4.74 Å². The normalized spacial score (nSPS) is 24.8. The summed E-state index contributed by atoms with van der Waals surface area (Å²) < 4.78 is 7.25. The van der Waals surface area contributed by atoms with Crippen molar-refractivity contribution in [2.24, 2.45) is 16.8 Å². The van der Waals surface area contributed by atoms with Gasteiger partial charge in [0.05, 0.1) is 19.0 Å². The Labute approximate surface area is 101 Å². The molecule has 92 valence electrons. The van der Waals surface area contributed by atoms with E-state index in [9.17, 15) is 0 Å². The summed E-state index contributed by atoms with van der Waals surface area (Å²) in [4.78, 5) is 4.38. The average Bonchev–Trinajstić information content (AvgIpc) is 2.83. The largest absolute Gasteiger partial charge is 0.381 e. The van der Waals surface area contributed by atoms with E-state index in [1.807, 2.05) is 17.1 Å². The fourth-order valence-electron chi connectivity index (χ4n) is 2.05. The Kier molecular flexibility index (Phi) is 3.18. The molecule has 2 fully saturated rings. The van der Waals surface area contributed by atoms with Crippen LogP contribution in [0.1, 0.15) is 25.0 Å². The van der Waals surface area contributed by atoms with Crippen LogP contribution in [0.15, 0.2) is 11.2 Å². The van der Waals surface area contributed by atoms with Gasteiger partial charge in [-0.3, -0.25) is 9.67 Å². The lowest BCUT2D eigenvalue weighted by atomic mass is 10.1. The first-order valence-electron chi connectivity index (χ1n) is 6.38. The van der Waals surface area contributed by atoms with Gasteiger partial charge in [-0.25, -0.2) is 0 Å². The first-order valence-corrected chi connectivity index (χ1v) is 6.38. The maximum Gasteiger partial charge on any atom is 0.123 e. The molecule has 1 saturated heterocycles. The molecule has 5 heteroatoms.